The zero-order valence-corrected chi connectivity index (χ0v) is 11.0. The number of aromatic nitrogens is 1. The molecular formula is C11H7BrClNO3. The summed E-state index contributed by atoms with van der Waals surface area (Å²) in [5.41, 5.74) is 0.703. The van der Waals surface area contributed by atoms with Gasteiger partial charge in [-0.1, -0.05) is 11.6 Å². The first kappa shape index (κ1) is 12.1. The molecule has 0 saturated carbocycles. The number of hydrogen-bond donors (Lipinski definition) is 1. The average molecular weight is 317 g/mol. The van der Waals surface area contributed by atoms with Gasteiger partial charge in [-0.25, -0.2) is 4.79 Å². The van der Waals surface area contributed by atoms with E-state index in [-0.39, 0.29) is 5.56 Å². The summed E-state index contributed by atoms with van der Waals surface area (Å²) >= 11 is 9.21. The number of fused-ring (bicyclic) bond motifs is 1. The summed E-state index contributed by atoms with van der Waals surface area (Å²) in [7, 11) is 1.50. The van der Waals surface area contributed by atoms with E-state index in [0.717, 1.165) is 0 Å². The Morgan fingerprint density at radius 2 is 2.24 bits per heavy atom. The summed E-state index contributed by atoms with van der Waals surface area (Å²) in [5, 5.41) is 10.1. The van der Waals surface area contributed by atoms with Gasteiger partial charge in [0, 0.05) is 16.1 Å². The molecular weight excluding hydrogens is 309 g/mol. The van der Waals surface area contributed by atoms with Gasteiger partial charge < -0.3 is 9.84 Å². The third-order valence-electron chi connectivity index (χ3n) is 2.31. The van der Waals surface area contributed by atoms with Crippen LogP contribution in [0, 0.1) is 0 Å². The number of carbonyl (C=O) groups is 1. The molecule has 1 N–H and O–H groups in total. The van der Waals surface area contributed by atoms with Crippen molar-refractivity contribution in [3.8, 4) is 5.75 Å². The van der Waals surface area contributed by atoms with Crippen LogP contribution in [-0.2, 0) is 0 Å². The van der Waals surface area contributed by atoms with Crippen LogP contribution in [0.3, 0.4) is 0 Å². The van der Waals surface area contributed by atoms with Gasteiger partial charge >= 0.3 is 5.97 Å². The molecule has 17 heavy (non-hydrogen) atoms. The lowest BCUT2D eigenvalue weighted by atomic mass is 10.1. The number of nitrogens with zero attached hydrogens (tertiary/aromatic N) is 1. The lowest BCUT2D eigenvalue weighted by Crippen LogP contribution is -1.99. The number of carboxylic acids is 1. The molecule has 6 heteroatoms. The van der Waals surface area contributed by atoms with E-state index < -0.39 is 5.97 Å². The SMILES string of the molecule is COc1cc2c(Br)c(C(=O)O)cnc2cc1Cl. The number of hydrogen-bond acceptors (Lipinski definition) is 3. The van der Waals surface area contributed by atoms with Crippen molar-refractivity contribution in [3.05, 3.63) is 33.4 Å². The molecule has 1 aromatic heterocycles. The molecule has 0 bridgehead atoms. The summed E-state index contributed by atoms with van der Waals surface area (Å²) in [5.74, 6) is -0.565. The van der Waals surface area contributed by atoms with Gasteiger partial charge in [0.1, 0.15) is 5.75 Å². The topological polar surface area (TPSA) is 59.4 Å². The summed E-state index contributed by atoms with van der Waals surface area (Å²) in [6.45, 7) is 0. The number of methoxy groups -OCH3 is 1. The van der Waals surface area contributed by atoms with Gasteiger partial charge in [-0.15, -0.1) is 0 Å². The highest BCUT2D eigenvalue weighted by Crippen LogP contribution is 2.34. The monoisotopic (exact) mass is 315 g/mol. The number of benzene rings is 1. The van der Waals surface area contributed by atoms with Crippen LogP contribution in [0.2, 0.25) is 5.02 Å². The van der Waals surface area contributed by atoms with E-state index in [4.69, 9.17) is 21.4 Å². The minimum Gasteiger partial charge on any atom is -0.495 e. The van der Waals surface area contributed by atoms with E-state index in [2.05, 4.69) is 20.9 Å². The highest BCUT2D eigenvalue weighted by Gasteiger charge is 2.14. The number of pyridine rings is 1. The van der Waals surface area contributed by atoms with E-state index in [0.29, 0.717) is 26.1 Å². The van der Waals surface area contributed by atoms with Crippen molar-refractivity contribution in [1.82, 2.24) is 4.98 Å². The average Bonchev–Trinajstić information content (AvgIpc) is 2.28. The first-order chi connectivity index (χ1) is 8.04. The third-order valence-corrected chi connectivity index (χ3v) is 3.46. The molecule has 88 valence electrons. The molecule has 0 aliphatic carbocycles. The Morgan fingerprint density at radius 1 is 1.53 bits per heavy atom. The standard InChI is InChI=1S/C11H7BrClNO3/c1-17-9-2-5-8(3-7(9)13)14-4-6(10(5)12)11(15)16/h2-4H,1H3,(H,15,16). The van der Waals surface area contributed by atoms with Crippen LogP contribution >= 0.6 is 27.5 Å². The Balaban J connectivity index is 2.80. The zero-order valence-electron chi connectivity index (χ0n) is 8.70. The van der Waals surface area contributed by atoms with Gasteiger partial charge in [-0.2, -0.15) is 0 Å². The fraction of sp³-hybridized carbons (Fsp3) is 0.0909. The maximum absolute atomic E-state index is 11.0. The van der Waals surface area contributed by atoms with Crippen molar-refractivity contribution < 1.29 is 14.6 Å². The molecule has 0 aliphatic rings. The molecule has 2 rings (SSSR count). The maximum atomic E-state index is 11.0. The Hall–Kier alpha value is -1.33. The van der Waals surface area contributed by atoms with E-state index in [1.54, 1.807) is 12.1 Å². The Labute approximate surface area is 110 Å². The highest BCUT2D eigenvalue weighted by molar-refractivity contribution is 9.10. The third kappa shape index (κ3) is 2.08. The number of ether oxygens (including phenoxy) is 1. The van der Waals surface area contributed by atoms with Gasteiger partial charge in [0.15, 0.2) is 0 Å². The summed E-state index contributed by atoms with van der Waals surface area (Å²) in [4.78, 5) is 15.0. The van der Waals surface area contributed by atoms with Crippen LogP contribution < -0.4 is 4.74 Å². The van der Waals surface area contributed by atoms with Gasteiger partial charge in [0.25, 0.3) is 0 Å². The maximum Gasteiger partial charge on any atom is 0.338 e. The summed E-state index contributed by atoms with van der Waals surface area (Å²) < 4.78 is 5.54. The molecule has 1 aromatic carbocycles. The lowest BCUT2D eigenvalue weighted by molar-refractivity contribution is 0.0695. The molecule has 0 atom stereocenters. The van der Waals surface area contributed by atoms with Crippen molar-refractivity contribution in [2.24, 2.45) is 0 Å². The second-order valence-electron chi connectivity index (χ2n) is 3.29. The summed E-state index contributed by atoms with van der Waals surface area (Å²) in [6, 6.07) is 3.29. The number of carboxylic acid groups (broad SMARTS) is 1. The smallest absolute Gasteiger partial charge is 0.338 e. The molecule has 0 aliphatic heterocycles. The molecule has 0 saturated heterocycles. The van der Waals surface area contributed by atoms with E-state index in [1.807, 2.05) is 0 Å². The van der Waals surface area contributed by atoms with Crippen LogP contribution in [0.1, 0.15) is 10.4 Å². The summed E-state index contributed by atoms with van der Waals surface area (Å²) in [6.07, 6.45) is 1.29. The van der Waals surface area contributed by atoms with E-state index in [9.17, 15) is 4.79 Å². The first-order valence-corrected chi connectivity index (χ1v) is 5.76. The van der Waals surface area contributed by atoms with Crippen LogP contribution in [0.25, 0.3) is 10.9 Å². The van der Waals surface area contributed by atoms with Crippen LogP contribution in [0.5, 0.6) is 5.75 Å². The van der Waals surface area contributed by atoms with Gasteiger partial charge in [0.2, 0.25) is 0 Å². The van der Waals surface area contributed by atoms with E-state index in [1.165, 1.54) is 13.3 Å². The molecule has 0 fully saturated rings. The van der Waals surface area contributed by atoms with Crippen LogP contribution in [0.15, 0.2) is 22.8 Å². The second-order valence-corrected chi connectivity index (χ2v) is 4.50. The lowest BCUT2D eigenvalue weighted by Gasteiger charge is -2.07. The molecule has 2 aromatic rings. The molecule has 1 heterocycles. The predicted octanol–water partition coefficient (Wildman–Crippen LogP) is 3.36. The fourth-order valence-electron chi connectivity index (χ4n) is 1.47. The van der Waals surface area contributed by atoms with Crippen LogP contribution in [-0.4, -0.2) is 23.2 Å². The first-order valence-electron chi connectivity index (χ1n) is 4.59. The van der Waals surface area contributed by atoms with Crippen LogP contribution in [0.4, 0.5) is 0 Å². The van der Waals surface area contributed by atoms with Crippen molar-refractivity contribution >= 4 is 44.4 Å². The Morgan fingerprint density at radius 3 is 2.82 bits per heavy atom. The Bertz CT molecular complexity index is 615. The molecule has 0 radical (unpaired) electrons. The van der Waals surface area contributed by atoms with Gasteiger partial charge in [-0.3, -0.25) is 4.98 Å². The predicted molar refractivity (Wildman–Crippen MR) is 68.0 cm³/mol. The van der Waals surface area contributed by atoms with Crippen molar-refractivity contribution in [2.75, 3.05) is 7.11 Å². The number of rotatable bonds is 2. The number of halogens is 2. The molecule has 0 amide bonds. The van der Waals surface area contributed by atoms with Crippen molar-refractivity contribution in [3.63, 3.8) is 0 Å². The molecule has 0 unspecified atom stereocenters. The zero-order chi connectivity index (χ0) is 12.6. The second kappa shape index (κ2) is 4.50. The van der Waals surface area contributed by atoms with Crippen molar-refractivity contribution in [1.29, 1.82) is 0 Å². The highest BCUT2D eigenvalue weighted by atomic mass is 79.9. The van der Waals surface area contributed by atoms with Gasteiger partial charge in [-0.05, 0) is 28.1 Å². The van der Waals surface area contributed by atoms with Gasteiger partial charge in [0.05, 0.1) is 23.2 Å². The normalized spacial score (nSPS) is 10.5. The number of aromatic carboxylic acids is 1. The largest absolute Gasteiger partial charge is 0.495 e. The van der Waals surface area contributed by atoms with E-state index >= 15 is 0 Å². The quantitative estimate of drug-likeness (QED) is 0.923. The fourth-order valence-corrected chi connectivity index (χ4v) is 2.29. The Kier molecular flexibility index (Phi) is 3.22. The molecule has 0 spiro atoms. The minimum absolute atomic E-state index is 0.0990. The van der Waals surface area contributed by atoms with Crippen molar-refractivity contribution in [2.45, 2.75) is 0 Å². The minimum atomic E-state index is -1.04. The molecule has 4 nitrogen and oxygen atoms in total.